The summed E-state index contributed by atoms with van der Waals surface area (Å²) >= 11 is 0. The molecule has 0 aliphatic heterocycles. The summed E-state index contributed by atoms with van der Waals surface area (Å²) in [5, 5.41) is 3.53. The van der Waals surface area contributed by atoms with Crippen LogP contribution < -0.4 is 11.1 Å². The van der Waals surface area contributed by atoms with Crippen LogP contribution in [0.5, 0.6) is 0 Å². The molecule has 1 aliphatic rings. The van der Waals surface area contributed by atoms with Crippen LogP contribution in [0.3, 0.4) is 0 Å². The molecule has 2 nitrogen and oxygen atoms in total. The molecule has 0 bridgehead atoms. The van der Waals surface area contributed by atoms with Crippen molar-refractivity contribution in [2.24, 2.45) is 5.73 Å². The first-order valence-corrected chi connectivity index (χ1v) is 11.7. The molecule has 0 unspecified atom stereocenters. The van der Waals surface area contributed by atoms with Crippen molar-refractivity contribution in [3.8, 4) is 11.1 Å². The summed E-state index contributed by atoms with van der Waals surface area (Å²) in [6.07, 6.45) is 0. The van der Waals surface area contributed by atoms with Gasteiger partial charge in [-0.3, -0.25) is 0 Å². The highest BCUT2D eigenvalue weighted by Gasteiger charge is 2.45. The van der Waals surface area contributed by atoms with E-state index in [-0.39, 0.29) is 5.41 Å². The van der Waals surface area contributed by atoms with Crippen molar-refractivity contribution in [1.82, 2.24) is 0 Å². The lowest BCUT2D eigenvalue weighted by Crippen LogP contribution is -2.28. The fraction of sp³-hybridized carbons (Fsp3) is 0.0625. The molecule has 1 aliphatic carbocycles. The Balaban J connectivity index is 1.51. The second-order valence-corrected chi connectivity index (χ2v) is 8.81. The topological polar surface area (TPSA) is 38.0 Å². The Morgan fingerprint density at radius 2 is 1.12 bits per heavy atom. The highest BCUT2D eigenvalue weighted by molar-refractivity contribution is 5.86. The molecule has 0 saturated heterocycles. The van der Waals surface area contributed by atoms with Gasteiger partial charge in [0, 0.05) is 17.9 Å². The maximum absolute atomic E-state index is 5.82. The van der Waals surface area contributed by atoms with Crippen molar-refractivity contribution in [2.45, 2.75) is 12.0 Å². The average Bonchev–Trinajstić information content (AvgIpc) is 3.21. The predicted molar refractivity (Wildman–Crippen MR) is 141 cm³/mol. The minimum absolute atomic E-state index is 0.355. The summed E-state index contributed by atoms with van der Waals surface area (Å²) in [4.78, 5) is 0. The van der Waals surface area contributed by atoms with Gasteiger partial charge in [-0.15, -0.1) is 0 Å². The molecular weight excluding hydrogens is 412 g/mol. The van der Waals surface area contributed by atoms with E-state index in [0.29, 0.717) is 6.54 Å². The number of benzene rings is 5. The van der Waals surface area contributed by atoms with E-state index in [4.69, 9.17) is 5.73 Å². The lowest BCUT2D eigenvalue weighted by molar-refractivity contribution is 0.768. The quantitative estimate of drug-likeness (QED) is 0.297. The lowest BCUT2D eigenvalue weighted by Gasteiger charge is -2.34. The van der Waals surface area contributed by atoms with E-state index in [0.717, 1.165) is 16.9 Å². The van der Waals surface area contributed by atoms with E-state index in [1.54, 1.807) is 0 Å². The van der Waals surface area contributed by atoms with Gasteiger partial charge in [-0.1, -0.05) is 103 Å². The zero-order valence-corrected chi connectivity index (χ0v) is 18.9. The van der Waals surface area contributed by atoms with Crippen LogP contribution in [0.1, 0.15) is 27.8 Å². The normalized spacial score (nSPS) is 13.2. The minimum Gasteiger partial charge on any atom is -0.356 e. The molecular formula is C32H26N2. The molecule has 0 fully saturated rings. The van der Waals surface area contributed by atoms with E-state index in [9.17, 15) is 0 Å². The van der Waals surface area contributed by atoms with Gasteiger partial charge >= 0.3 is 0 Å². The van der Waals surface area contributed by atoms with Crippen LogP contribution in [0, 0.1) is 0 Å². The summed E-state index contributed by atoms with van der Waals surface area (Å²) in [5.74, 6) is 0. The Kier molecular flexibility index (Phi) is 5.01. The molecule has 0 radical (unpaired) electrons. The van der Waals surface area contributed by atoms with Crippen LogP contribution in [0.15, 0.2) is 127 Å². The van der Waals surface area contributed by atoms with Crippen molar-refractivity contribution in [1.29, 1.82) is 0 Å². The molecule has 0 atom stereocenters. The molecule has 2 heteroatoms. The first kappa shape index (κ1) is 20.5. The molecule has 164 valence electrons. The Morgan fingerprint density at radius 3 is 1.76 bits per heavy atom. The smallest absolute Gasteiger partial charge is 0.0713 e. The van der Waals surface area contributed by atoms with Gasteiger partial charge in [-0.05, 0) is 63.2 Å². The molecule has 3 N–H and O–H groups in total. The van der Waals surface area contributed by atoms with Crippen molar-refractivity contribution in [3.05, 3.63) is 155 Å². The first-order chi connectivity index (χ1) is 16.8. The van der Waals surface area contributed by atoms with Gasteiger partial charge in [-0.2, -0.15) is 0 Å². The number of fused-ring (bicyclic) bond motifs is 3. The Labute approximate surface area is 200 Å². The van der Waals surface area contributed by atoms with E-state index in [1.807, 2.05) is 12.1 Å². The first-order valence-electron chi connectivity index (χ1n) is 11.7. The third-order valence-corrected chi connectivity index (χ3v) is 6.93. The van der Waals surface area contributed by atoms with Crippen LogP contribution >= 0.6 is 0 Å². The van der Waals surface area contributed by atoms with Crippen LogP contribution in [0.4, 0.5) is 11.4 Å². The second kappa shape index (κ2) is 8.33. The van der Waals surface area contributed by atoms with E-state index in [1.165, 1.54) is 33.4 Å². The standard InChI is InChI=1S/C32H26N2/c33-22-23-9-8-12-27(21-23)34-26-19-17-25(18-20-26)32(24-10-2-1-3-11-24)30-15-6-4-13-28(30)29-14-5-7-16-31(29)32/h1-21,34H,22,33H2. The summed E-state index contributed by atoms with van der Waals surface area (Å²) in [5.41, 5.74) is 16.5. The summed E-state index contributed by atoms with van der Waals surface area (Å²) < 4.78 is 0. The molecule has 5 aromatic carbocycles. The third kappa shape index (κ3) is 3.15. The summed E-state index contributed by atoms with van der Waals surface area (Å²) in [6.45, 7) is 0.535. The van der Waals surface area contributed by atoms with E-state index in [2.05, 4.69) is 121 Å². The van der Waals surface area contributed by atoms with E-state index < -0.39 is 0 Å². The molecule has 34 heavy (non-hydrogen) atoms. The van der Waals surface area contributed by atoms with Crippen LogP contribution in [0.2, 0.25) is 0 Å². The van der Waals surface area contributed by atoms with Crippen molar-refractivity contribution in [3.63, 3.8) is 0 Å². The second-order valence-electron chi connectivity index (χ2n) is 8.81. The van der Waals surface area contributed by atoms with Gasteiger partial charge in [0.15, 0.2) is 0 Å². The van der Waals surface area contributed by atoms with Crippen molar-refractivity contribution in [2.75, 3.05) is 5.32 Å². The highest BCUT2D eigenvalue weighted by atomic mass is 14.9. The van der Waals surface area contributed by atoms with E-state index >= 15 is 0 Å². The van der Waals surface area contributed by atoms with Crippen LogP contribution in [-0.2, 0) is 12.0 Å². The van der Waals surface area contributed by atoms with Gasteiger partial charge in [0.1, 0.15) is 0 Å². The molecule has 5 aromatic rings. The fourth-order valence-electron chi connectivity index (χ4n) is 5.46. The largest absolute Gasteiger partial charge is 0.356 e. The van der Waals surface area contributed by atoms with Crippen LogP contribution in [0.25, 0.3) is 11.1 Å². The zero-order valence-electron chi connectivity index (χ0n) is 18.9. The number of hydrogen-bond donors (Lipinski definition) is 2. The lowest BCUT2D eigenvalue weighted by atomic mass is 9.68. The van der Waals surface area contributed by atoms with Gasteiger partial charge in [0.25, 0.3) is 0 Å². The molecule has 0 heterocycles. The van der Waals surface area contributed by atoms with Gasteiger partial charge in [0.2, 0.25) is 0 Å². The molecule has 0 spiro atoms. The van der Waals surface area contributed by atoms with Crippen LogP contribution in [-0.4, -0.2) is 0 Å². The fourth-order valence-corrected chi connectivity index (χ4v) is 5.46. The Morgan fingerprint density at radius 1 is 0.529 bits per heavy atom. The molecule has 0 amide bonds. The number of hydrogen-bond acceptors (Lipinski definition) is 2. The number of nitrogens with two attached hydrogens (primary N) is 1. The molecule has 0 aromatic heterocycles. The summed E-state index contributed by atoms with van der Waals surface area (Å²) in [6, 6.07) is 45.7. The van der Waals surface area contributed by atoms with Gasteiger partial charge in [-0.25, -0.2) is 0 Å². The van der Waals surface area contributed by atoms with Gasteiger partial charge < -0.3 is 11.1 Å². The maximum Gasteiger partial charge on any atom is 0.0713 e. The molecule has 0 saturated carbocycles. The monoisotopic (exact) mass is 438 g/mol. The number of rotatable bonds is 5. The summed E-state index contributed by atoms with van der Waals surface area (Å²) in [7, 11) is 0. The Hall–Kier alpha value is -4.14. The van der Waals surface area contributed by atoms with Crippen molar-refractivity contribution >= 4 is 11.4 Å². The average molecular weight is 439 g/mol. The maximum atomic E-state index is 5.82. The SMILES string of the molecule is NCc1cccc(Nc2ccc(C3(c4ccccc4)c4ccccc4-c4ccccc43)cc2)c1. The minimum atomic E-state index is -0.355. The number of anilines is 2. The third-order valence-electron chi connectivity index (χ3n) is 6.93. The van der Waals surface area contributed by atoms with Gasteiger partial charge in [0.05, 0.1) is 5.41 Å². The Bertz CT molecular complexity index is 1410. The highest BCUT2D eigenvalue weighted by Crippen LogP contribution is 2.55. The molecule has 6 rings (SSSR count). The zero-order chi connectivity index (χ0) is 23.0. The van der Waals surface area contributed by atoms with Crippen molar-refractivity contribution < 1.29 is 0 Å². The predicted octanol–water partition coefficient (Wildman–Crippen LogP) is 7.25. The number of nitrogens with one attached hydrogen (secondary N) is 1.